The number of nitrogens with zero attached hydrogens (tertiary/aromatic N) is 2. The maximum absolute atomic E-state index is 12.3. The van der Waals surface area contributed by atoms with Crippen molar-refractivity contribution < 1.29 is 14.3 Å². The number of thioether (sulfide) groups is 1. The highest BCUT2D eigenvalue weighted by Crippen LogP contribution is 2.37. The number of halogens is 1. The Kier molecular flexibility index (Phi) is 8.03. The Balaban J connectivity index is 1.20. The molecule has 0 saturated carbocycles. The zero-order valence-electron chi connectivity index (χ0n) is 19.8. The summed E-state index contributed by atoms with van der Waals surface area (Å²) in [7, 11) is 1.59. The molecule has 0 spiro atoms. The van der Waals surface area contributed by atoms with Crippen molar-refractivity contribution in [2.45, 2.75) is 10.9 Å². The second kappa shape index (κ2) is 11.8. The Morgan fingerprint density at radius 1 is 1.11 bits per heavy atom. The topological polar surface area (TPSA) is 72.8 Å². The molecule has 0 bridgehead atoms. The van der Waals surface area contributed by atoms with Gasteiger partial charge in [0.15, 0.2) is 15.8 Å². The first-order valence-corrected chi connectivity index (χ1v) is 14.0. The number of hydrazone groups is 1. The van der Waals surface area contributed by atoms with Crippen LogP contribution in [0.1, 0.15) is 11.1 Å². The van der Waals surface area contributed by atoms with Gasteiger partial charge in [0, 0.05) is 0 Å². The molecule has 0 aliphatic carbocycles. The van der Waals surface area contributed by atoms with Crippen LogP contribution in [0.2, 0.25) is 0 Å². The van der Waals surface area contributed by atoms with E-state index in [9.17, 15) is 4.79 Å². The van der Waals surface area contributed by atoms with Gasteiger partial charge >= 0.3 is 0 Å². The fourth-order valence-corrected chi connectivity index (χ4v) is 6.21. The SMILES string of the molecule is COc1cc(/C=N\NC(=O)CSc2nc3ccccc3s2)cc(Br)c1OCc1cccc2ccccc12. The van der Waals surface area contributed by atoms with Gasteiger partial charge in [-0.1, -0.05) is 66.4 Å². The van der Waals surface area contributed by atoms with Crippen molar-refractivity contribution in [2.75, 3.05) is 12.9 Å². The van der Waals surface area contributed by atoms with Crippen molar-refractivity contribution in [2.24, 2.45) is 5.10 Å². The van der Waals surface area contributed by atoms with Gasteiger partial charge in [0.2, 0.25) is 0 Å². The van der Waals surface area contributed by atoms with Crippen LogP contribution in [-0.4, -0.2) is 30.0 Å². The number of aromatic nitrogens is 1. The average molecular weight is 593 g/mol. The van der Waals surface area contributed by atoms with E-state index in [-0.39, 0.29) is 11.7 Å². The van der Waals surface area contributed by atoms with E-state index in [0.717, 1.165) is 35.5 Å². The highest BCUT2D eigenvalue weighted by atomic mass is 79.9. The summed E-state index contributed by atoms with van der Waals surface area (Å²) >= 11 is 6.55. The summed E-state index contributed by atoms with van der Waals surface area (Å²) in [6.45, 7) is 0.395. The summed E-state index contributed by atoms with van der Waals surface area (Å²) in [5, 5.41) is 6.42. The molecule has 1 heterocycles. The summed E-state index contributed by atoms with van der Waals surface area (Å²) in [4.78, 5) is 16.8. The lowest BCUT2D eigenvalue weighted by Crippen LogP contribution is -2.19. The molecule has 1 N–H and O–H groups in total. The van der Waals surface area contributed by atoms with Crippen LogP contribution in [0.25, 0.3) is 21.0 Å². The minimum Gasteiger partial charge on any atom is -0.493 e. The van der Waals surface area contributed by atoms with E-state index in [4.69, 9.17) is 9.47 Å². The van der Waals surface area contributed by atoms with Crippen LogP contribution in [0, 0.1) is 0 Å². The molecule has 0 radical (unpaired) electrons. The van der Waals surface area contributed by atoms with Gasteiger partial charge in [0.05, 0.1) is 33.8 Å². The first kappa shape index (κ1) is 25.3. The Hall–Kier alpha value is -3.40. The second-order valence-electron chi connectivity index (χ2n) is 7.99. The van der Waals surface area contributed by atoms with Crippen LogP contribution < -0.4 is 14.9 Å². The lowest BCUT2D eigenvalue weighted by Gasteiger charge is -2.14. The van der Waals surface area contributed by atoms with Gasteiger partial charge in [-0.25, -0.2) is 10.4 Å². The summed E-state index contributed by atoms with van der Waals surface area (Å²) in [6.07, 6.45) is 1.57. The molecular formula is C28H22BrN3O3S2. The summed E-state index contributed by atoms with van der Waals surface area (Å²) in [5.41, 5.74) is 5.35. The number of carbonyl (C=O) groups is 1. The van der Waals surface area contributed by atoms with E-state index in [1.54, 1.807) is 24.7 Å². The van der Waals surface area contributed by atoms with E-state index in [1.807, 2.05) is 54.6 Å². The molecule has 0 aliphatic heterocycles. The molecular weight excluding hydrogens is 570 g/mol. The van der Waals surface area contributed by atoms with Crippen molar-refractivity contribution in [1.29, 1.82) is 0 Å². The Morgan fingerprint density at radius 3 is 2.78 bits per heavy atom. The maximum Gasteiger partial charge on any atom is 0.250 e. The number of ether oxygens (including phenoxy) is 2. The monoisotopic (exact) mass is 591 g/mol. The number of fused-ring (bicyclic) bond motifs is 2. The van der Waals surface area contributed by atoms with Crippen LogP contribution in [0.5, 0.6) is 11.5 Å². The average Bonchev–Trinajstić information content (AvgIpc) is 3.34. The number of para-hydroxylation sites is 1. The molecule has 0 saturated heterocycles. The zero-order chi connectivity index (χ0) is 25.6. The standard InChI is InChI=1S/C28H22BrN3O3S2/c1-34-24-14-18(15-30-32-26(33)17-36-28-31-23-11-4-5-12-25(23)37-28)13-22(29)27(24)35-16-20-9-6-8-19-7-2-3-10-21(19)20/h2-15H,16-17H2,1H3,(H,32,33)/b30-15-. The summed E-state index contributed by atoms with van der Waals surface area (Å²) < 4.78 is 14.4. The second-order valence-corrected chi connectivity index (χ2v) is 11.1. The predicted molar refractivity (Wildman–Crippen MR) is 155 cm³/mol. The fraction of sp³-hybridized carbons (Fsp3) is 0.107. The lowest BCUT2D eigenvalue weighted by atomic mass is 10.1. The quantitative estimate of drug-likeness (QED) is 0.113. The predicted octanol–water partition coefficient (Wildman–Crippen LogP) is 7.04. The smallest absolute Gasteiger partial charge is 0.250 e. The van der Waals surface area contributed by atoms with Gasteiger partial charge < -0.3 is 9.47 Å². The molecule has 0 unspecified atom stereocenters. The molecule has 0 atom stereocenters. The molecule has 186 valence electrons. The van der Waals surface area contributed by atoms with E-state index in [2.05, 4.69) is 55.7 Å². The van der Waals surface area contributed by atoms with E-state index in [1.165, 1.54) is 17.1 Å². The third-order valence-corrected chi connectivity index (χ3v) is 8.28. The molecule has 37 heavy (non-hydrogen) atoms. The minimum absolute atomic E-state index is 0.207. The number of hydrogen-bond donors (Lipinski definition) is 1. The number of amides is 1. The molecule has 4 aromatic carbocycles. The number of benzene rings is 4. The van der Waals surface area contributed by atoms with Gasteiger partial charge in [-0.3, -0.25) is 4.79 Å². The summed E-state index contributed by atoms with van der Waals surface area (Å²) in [5.74, 6) is 1.18. The molecule has 6 nitrogen and oxygen atoms in total. The Labute approximate surface area is 230 Å². The first-order chi connectivity index (χ1) is 18.1. The normalized spacial score (nSPS) is 11.3. The number of rotatable bonds is 9. The van der Waals surface area contributed by atoms with Crippen molar-refractivity contribution in [3.63, 3.8) is 0 Å². The van der Waals surface area contributed by atoms with Crippen LogP contribution in [0.3, 0.4) is 0 Å². The molecule has 0 aliphatic rings. The fourth-order valence-electron chi connectivity index (χ4n) is 3.77. The van der Waals surface area contributed by atoms with Gasteiger partial charge in [-0.05, 0) is 62.1 Å². The number of thiazole rings is 1. The molecule has 5 aromatic rings. The van der Waals surface area contributed by atoms with Gasteiger partial charge in [0.25, 0.3) is 5.91 Å². The van der Waals surface area contributed by atoms with E-state index < -0.39 is 0 Å². The van der Waals surface area contributed by atoms with E-state index in [0.29, 0.717) is 18.1 Å². The maximum atomic E-state index is 12.3. The van der Waals surface area contributed by atoms with Crippen molar-refractivity contribution in [3.8, 4) is 11.5 Å². The number of hydrogen-bond acceptors (Lipinski definition) is 7. The number of carbonyl (C=O) groups excluding carboxylic acids is 1. The third-order valence-electron chi connectivity index (χ3n) is 5.51. The number of nitrogens with one attached hydrogen (secondary N) is 1. The molecule has 1 amide bonds. The van der Waals surface area contributed by atoms with E-state index >= 15 is 0 Å². The van der Waals surface area contributed by atoms with Gasteiger partial charge in [-0.2, -0.15) is 5.10 Å². The Bertz CT molecular complexity index is 1560. The van der Waals surface area contributed by atoms with Crippen molar-refractivity contribution >= 4 is 72.1 Å². The zero-order valence-corrected chi connectivity index (χ0v) is 23.0. The molecule has 1 aromatic heterocycles. The van der Waals surface area contributed by atoms with Crippen molar-refractivity contribution in [3.05, 3.63) is 94.5 Å². The first-order valence-electron chi connectivity index (χ1n) is 11.4. The molecule has 5 rings (SSSR count). The number of methoxy groups -OCH3 is 1. The van der Waals surface area contributed by atoms with Gasteiger partial charge in [0.1, 0.15) is 6.61 Å². The molecule has 0 fully saturated rings. The minimum atomic E-state index is -0.207. The van der Waals surface area contributed by atoms with Gasteiger partial charge in [-0.15, -0.1) is 11.3 Å². The third kappa shape index (κ3) is 6.12. The van der Waals surface area contributed by atoms with Crippen LogP contribution in [0.4, 0.5) is 0 Å². The lowest BCUT2D eigenvalue weighted by molar-refractivity contribution is -0.118. The highest BCUT2D eigenvalue weighted by Gasteiger charge is 2.13. The van der Waals surface area contributed by atoms with Crippen LogP contribution >= 0.6 is 39.0 Å². The summed E-state index contributed by atoms with van der Waals surface area (Å²) in [6, 6.07) is 26.0. The van der Waals surface area contributed by atoms with Crippen LogP contribution in [0.15, 0.2) is 92.8 Å². The van der Waals surface area contributed by atoms with Crippen molar-refractivity contribution in [1.82, 2.24) is 10.4 Å². The molecule has 9 heteroatoms. The van der Waals surface area contributed by atoms with Crippen LogP contribution in [-0.2, 0) is 11.4 Å². The highest BCUT2D eigenvalue weighted by molar-refractivity contribution is 9.10. The largest absolute Gasteiger partial charge is 0.493 e. The Morgan fingerprint density at radius 2 is 1.92 bits per heavy atom.